The lowest BCUT2D eigenvalue weighted by molar-refractivity contribution is -0.384. The van der Waals surface area contributed by atoms with Gasteiger partial charge in [-0.1, -0.05) is 48.0 Å². The number of nitro groups is 1. The third kappa shape index (κ3) is 6.74. The Bertz CT molecular complexity index is 1390. The minimum Gasteiger partial charge on any atom is -0.355 e. The number of hydrogen-bond donors (Lipinski definition) is 1. The van der Waals surface area contributed by atoms with Crippen molar-refractivity contribution in [3.05, 3.63) is 100 Å². The van der Waals surface area contributed by atoms with Crippen LogP contribution >= 0.6 is 0 Å². The number of anilines is 1. The Labute approximate surface area is 222 Å². The van der Waals surface area contributed by atoms with E-state index in [-0.39, 0.29) is 28.7 Å². The lowest BCUT2D eigenvalue weighted by atomic mass is 10.1. The van der Waals surface area contributed by atoms with E-state index >= 15 is 0 Å². The molecule has 0 bridgehead atoms. The van der Waals surface area contributed by atoms with Crippen LogP contribution in [0.1, 0.15) is 25.0 Å². The summed E-state index contributed by atoms with van der Waals surface area (Å²) in [6, 6.07) is 19.1. The van der Waals surface area contributed by atoms with Crippen molar-refractivity contribution in [1.29, 1.82) is 0 Å². The number of likely N-dealkylation sites (N-methyl/N-ethyl adjacent to an activating group) is 1. The average Bonchev–Trinajstić information content (AvgIpc) is 2.90. The summed E-state index contributed by atoms with van der Waals surface area (Å²) in [5, 5.41) is 13.8. The van der Waals surface area contributed by atoms with E-state index in [1.165, 1.54) is 41.3 Å². The molecule has 0 aliphatic rings. The van der Waals surface area contributed by atoms with Crippen molar-refractivity contribution in [3.8, 4) is 0 Å². The highest BCUT2D eigenvalue weighted by Gasteiger charge is 2.32. The van der Waals surface area contributed by atoms with E-state index < -0.39 is 33.4 Å². The zero-order chi connectivity index (χ0) is 27.9. The summed E-state index contributed by atoms with van der Waals surface area (Å²) >= 11 is 0. The highest BCUT2D eigenvalue weighted by atomic mass is 32.2. The number of aryl methyl sites for hydroxylation is 1. The fraction of sp³-hybridized carbons (Fsp3) is 0.259. The maximum absolute atomic E-state index is 13.8. The van der Waals surface area contributed by atoms with Crippen molar-refractivity contribution in [3.63, 3.8) is 0 Å². The number of carbonyl (C=O) groups excluding carboxylic acids is 2. The van der Waals surface area contributed by atoms with Crippen LogP contribution < -0.4 is 9.62 Å². The molecule has 0 heterocycles. The van der Waals surface area contributed by atoms with Gasteiger partial charge in [0.2, 0.25) is 11.8 Å². The Morgan fingerprint density at radius 2 is 1.66 bits per heavy atom. The molecule has 3 rings (SSSR count). The number of carbonyl (C=O) groups is 2. The minimum absolute atomic E-state index is 0.0480. The van der Waals surface area contributed by atoms with Gasteiger partial charge in [0.15, 0.2) is 0 Å². The first-order valence-electron chi connectivity index (χ1n) is 12.0. The molecule has 0 radical (unpaired) electrons. The van der Waals surface area contributed by atoms with Crippen LogP contribution in [0.2, 0.25) is 0 Å². The van der Waals surface area contributed by atoms with Crippen molar-refractivity contribution in [2.45, 2.75) is 38.3 Å². The van der Waals surface area contributed by atoms with Gasteiger partial charge in [0.1, 0.15) is 12.6 Å². The Balaban J connectivity index is 2.04. The molecule has 0 aromatic heterocycles. The summed E-state index contributed by atoms with van der Waals surface area (Å²) in [5.74, 6) is -0.982. The van der Waals surface area contributed by atoms with Crippen molar-refractivity contribution in [2.75, 3.05) is 17.4 Å². The van der Waals surface area contributed by atoms with Crippen molar-refractivity contribution >= 4 is 33.2 Å². The largest absolute Gasteiger partial charge is 0.355 e. The van der Waals surface area contributed by atoms with E-state index in [0.717, 1.165) is 15.4 Å². The fourth-order valence-corrected chi connectivity index (χ4v) is 5.34. The highest BCUT2D eigenvalue weighted by molar-refractivity contribution is 7.92. The van der Waals surface area contributed by atoms with Gasteiger partial charge in [-0.15, -0.1) is 0 Å². The standard InChI is InChI=1S/C27H30N4O6S/c1-4-28-27(33)21(3)29(18-22-10-8-9-20(2)17-22)26(32)19-30(23-13-15-24(16-14-23)31(34)35)38(36,37)25-11-6-5-7-12-25/h5-17,21H,4,18-19H2,1-3H3,(H,28,33). The minimum atomic E-state index is -4.24. The highest BCUT2D eigenvalue weighted by Crippen LogP contribution is 2.26. The van der Waals surface area contributed by atoms with Crippen LogP contribution in [0.15, 0.2) is 83.8 Å². The lowest BCUT2D eigenvalue weighted by Gasteiger charge is -2.32. The summed E-state index contributed by atoms with van der Waals surface area (Å²) in [4.78, 5) is 38.3. The molecule has 3 aromatic rings. The molecule has 0 saturated heterocycles. The van der Waals surface area contributed by atoms with Gasteiger partial charge < -0.3 is 10.2 Å². The monoisotopic (exact) mass is 538 g/mol. The number of benzene rings is 3. The second-order valence-electron chi connectivity index (χ2n) is 8.68. The first kappa shape index (κ1) is 28.3. The predicted octanol–water partition coefficient (Wildman–Crippen LogP) is 3.65. The lowest BCUT2D eigenvalue weighted by Crippen LogP contribution is -2.51. The first-order chi connectivity index (χ1) is 18.0. The van der Waals surface area contributed by atoms with Gasteiger partial charge in [-0.2, -0.15) is 0 Å². The Kier molecular flexibility index (Phi) is 9.19. The summed E-state index contributed by atoms with van der Waals surface area (Å²) in [6.07, 6.45) is 0. The number of sulfonamides is 1. The quantitative estimate of drug-likeness (QED) is 0.293. The topological polar surface area (TPSA) is 130 Å². The number of nitrogens with one attached hydrogen (secondary N) is 1. The molecule has 3 aromatic carbocycles. The molecule has 0 saturated carbocycles. The molecule has 200 valence electrons. The van der Waals surface area contributed by atoms with E-state index in [1.54, 1.807) is 32.0 Å². The molecule has 0 aliphatic heterocycles. The maximum atomic E-state index is 13.8. The molecule has 1 unspecified atom stereocenters. The maximum Gasteiger partial charge on any atom is 0.269 e. The SMILES string of the molecule is CCNC(=O)C(C)N(Cc1cccc(C)c1)C(=O)CN(c1ccc([N+](=O)[O-])cc1)S(=O)(=O)c1ccccc1. The molecular formula is C27H30N4O6S. The first-order valence-corrected chi connectivity index (χ1v) is 13.4. The van der Waals surface area contributed by atoms with Crippen molar-refractivity contribution in [2.24, 2.45) is 0 Å². The van der Waals surface area contributed by atoms with Gasteiger partial charge in [0, 0.05) is 25.2 Å². The van der Waals surface area contributed by atoms with E-state index in [9.17, 15) is 28.1 Å². The number of nitrogens with zero attached hydrogens (tertiary/aromatic N) is 3. The van der Waals surface area contributed by atoms with Gasteiger partial charge in [0.05, 0.1) is 15.5 Å². The molecule has 10 nitrogen and oxygen atoms in total. The van der Waals surface area contributed by atoms with Crippen LogP contribution in [0.5, 0.6) is 0 Å². The summed E-state index contributed by atoms with van der Waals surface area (Å²) in [7, 11) is -4.24. The molecule has 0 fully saturated rings. The molecule has 1 atom stereocenters. The summed E-state index contributed by atoms with van der Waals surface area (Å²) in [6.45, 7) is 5.09. The van der Waals surface area contributed by atoms with Gasteiger partial charge in [-0.3, -0.25) is 24.0 Å². The van der Waals surface area contributed by atoms with Crippen LogP contribution in [0.3, 0.4) is 0 Å². The zero-order valence-corrected chi connectivity index (χ0v) is 22.2. The van der Waals surface area contributed by atoms with E-state index in [1.807, 2.05) is 31.2 Å². The molecule has 0 aliphatic carbocycles. The van der Waals surface area contributed by atoms with Crippen LogP contribution in [-0.2, 0) is 26.2 Å². The van der Waals surface area contributed by atoms with Crippen LogP contribution in [0, 0.1) is 17.0 Å². The Morgan fingerprint density at radius 3 is 2.24 bits per heavy atom. The molecule has 1 N–H and O–H groups in total. The van der Waals surface area contributed by atoms with Gasteiger partial charge >= 0.3 is 0 Å². The zero-order valence-electron chi connectivity index (χ0n) is 21.4. The van der Waals surface area contributed by atoms with Gasteiger partial charge in [-0.25, -0.2) is 8.42 Å². The van der Waals surface area contributed by atoms with E-state index in [2.05, 4.69) is 5.32 Å². The number of hydrogen-bond acceptors (Lipinski definition) is 6. The van der Waals surface area contributed by atoms with Crippen LogP contribution in [0.25, 0.3) is 0 Å². The number of rotatable bonds is 11. The molecular weight excluding hydrogens is 508 g/mol. The molecule has 11 heteroatoms. The average molecular weight is 539 g/mol. The molecule has 38 heavy (non-hydrogen) atoms. The fourth-order valence-electron chi connectivity index (χ4n) is 3.90. The van der Waals surface area contributed by atoms with Crippen LogP contribution in [-0.4, -0.2) is 49.2 Å². The normalized spacial score (nSPS) is 11.9. The summed E-state index contributed by atoms with van der Waals surface area (Å²) < 4.78 is 28.2. The second-order valence-corrected chi connectivity index (χ2v) is 10.5. The van der Waals surface area contributed by atoms with E-state index in [4.69, 9.17) is 0 Å². The number of nitro benzene ring substituents is 1. The van der Waals surface area contributed by atoms with E-state index in [0.29, 0.717) is 6.54 Å². The Morgan fingerprint density at radius 1 is 1.00 bits per heavy atom. The summed E-state index contributed by atoms with van der Waals surface area (Å²) in [5.41, 5.74) is 1.61. The Hall–Kier alpha value is -4.25. The van der Waals surface area contributed by atoms with Gasteiger partial charge in [-0.05, 0) is 50.6 Å². The predicted molar refractivity (Wildman–Crippen MR) is 144 cm³/mol. The van der Waals surface area contributed by atoms with Crippen LogP contribution in [0.4, 0.5) is 11.4 Å². The number of non-ortho nitro benzene ring substituents is 1. The smallest absolute Gasteiger partial charge is 0.269 e. The number of amides is 2. The third-order valence-electron chi connectivity index (χ3n) is 5.91. The molecule has 0 spiro atoms. The van der Waals surface area contributed by atoms with Crippen molar-refractivity contribution in [1.82, 2.24) is 10.2 Å². The van der Waals surface area contributed by atoms with Gasteiger partial charge in [0.25, 0.3) is 15.7 Å². The van der Waals surface area contributed by atoms with Crippen molar-refractivity contribution < 1.29 is 22.9 Å². The third-order valence-corrected chi connectivity index (χ3v) is 7.70. The molecule has 2 amide bonds. The second kappa shape index (κ2) is 12.3.